The second-order valence-corrected chi connectivity index (χ2v) is 8.60. The Morgan fingerprint density at radius 2 is 1.83 bits per heavy atom. The Kier molecular flexibility index (Phi) is 6.56. The molecule has 3 rings (SSSR count). The number of amides is 1. The van der Waals surface area contributed by atoms with E-state index in [0.29, 0.717) is 11.5 Å². The summed E-state index contributed by atoms with van der Waals surface area (Å²) >= 11 is 0. The molecule has 1 heterocycles. The molecule has 0 spiro atoms. The van der Waals surface area contributed by atoms with E-state index in [1.807, 2.05) is 24.3 Å². The van der Waals surface area contributed by atoms with Gasteiger partial charge in [0.05, 0.1) is 0 Å². The molecule has 0 saturated heterocycles. The first kappa shape index (κ1) is 20.9. The van der Waals surface area contributed by atoms with Gasteiger partial charge in [-0.25, -0.2) is 8.42 Å². The van der Waals surface area contributed by atoms with Gasteiger partial charge in [-0.15, -0.1) is 0 Å². The number of rotatable bonds is 8. The highest BCUT2D eigenvalue weighted by Gasteiger charge is 2.26. The summed E-state index contributed by atoms with van der Waals surface area (Å²) in [6.07, 6.45) is 1.49. The molecule has 0 fully saturated rings. The van der Waals surface area contributed by atoms with E-state index in [2.05, 4.69) is 10.0 Å². The van der Waals surface area contributed by atoms with Crippen LogP contribution < -0.4 is 19.5 Å². The normalized spacial score (nSPS) is 14.3. The standard InChI is InChI=1S/C21H24N2O5S/c1-15(2)20(23-29(25,26)11-10-16-6-4-3-5-7-16)21(24)22-13-17-8-9-18-19(12-17)28-14-27-18/h3-12,15,20,23H,13-14H2,1-2H3,(H,22,24)/b11-10+. The maximum atomic E-state index is 12.6. The van der Waals surface area contributed by atoms with Crippen LogP contribution in [-0.4, -0.2) is 27.2 Å². The Hall–Kier alpha value is -2.84. The van der Waals surface area contributed by atoms with Crippen molar-refractivity contribution in [2.45, 2.75) is 26.4 Å². The molecule has 29 heavy (non-hydrogen) atoms. The number of hydrogen-bond acceptors (Lipinski definition) is 5. The zero-order chi connectivity index (χ0) is 20.9. The summed E-state index contributed by atoms with van der Waals surface area (Å²) < 4.78 is 37.9. The molecule has 8 heteroatoms. The van der Waals surface area contributed by atoms with Gasteiger partial charge in [0, 0.05) is 12.0 Å². The Bertz CT molecular complexity index is 987. The lowest BCUT2D eigenvalue weighted by atomic mass is 10.0. The molecule has 1 aliphatic heterocycles. The smallest absolute Gasteiger partial charge is 0.238 e. The number of benzene rings is 2. The van der Waals surface area contributed by atoms with Crippen LogP contribution in [-0.2, 0) is 21.4 Å². The molecular weight excluding hydrogens is 392 g/mol. The van der Waals surface area contributed by atoms with E-state index >= 15 is 0 Å². The Labute approximate surface area is 170 Å². The number of sulfonamides is 1. The molecule has 0 radical (unpaired) electrons. The quantitative estimate of drug-likeness (QED) is 0.690. The van der Waals surface area contributed by atoms with Gasteiger partial charge in [0.1, 0.15) is 6.04 Å². The molecular formula is C21H24N2O5S. The molecule has 0 saturated carbocycles. The fourth-order valence-electron chi connectivity index (χ4n) is 2.79. The van der Waals surface area contributed by atoms with Crippen molar-refractivity contribution in [1.82, 2.24) is 10.0 Å². The lowest BCUT2D eigenvalue weighted by Crippen LogP contribution is -2.48. The molecule has 1 amide bonds. The zero-order valence-corrected chi connectivity index (χ0v) is 17.1. The van der Waals surface area contributed by atoms with E-state index in [1.54, 1.807) is 38.1 Å². The predicted molar refractivity (Wildman–Crippen MR) is 111 cm³/mol. The van der Waals surface area contributed by atoms with Gasteiger partial charge in [-0.1, -0.05) is 50.2 Å². The summed E-state index contributed by atoms with van der Waals surface area (Å²) in [6, 6.07) is 13.6. The number of fused-ring (bicyclic) bond motifs is 1. The van der Waals surface area contributed by atoms with Gasteiger partial charge < -0.3 is 14.8 Å². The average Bonchev–Trinajstić information content (AvgIpc) is 3.17. The van der Waals surface area contributed by atoms with Crippen molar-refractivity contribution in [2.24, 2.45) is 5.92 Å². The number of hydrogen-bond donors (Lipinski definition) is 2. The second kappa shape index (κ2) is 9.11. The third-order valence-electron chi connectivity index (χ3n) is 4.38. The molecule has 0 bridgehead atoms. The molecule has 0 aromatic heterocycles. The molecule has 154 valence electrons. The highest BCUT2D eigenvalue weighted by Crippen LogP contribution is 2.32. The fraction of sp³-hybridized carbons (Fsp3) is 0.286. The molecule has 2 N–H and O–H groups in total. The summed E-state index contributed by atoms with van der Waals surface area (Å²) in [4.78, 5) is 12.6. The average molecular weight is 416 g/mol. The number of carbonyl (C=O) groups is 1. The fourth-order valence-corrected chi connectivity index (χ4v) is 3.94. The van der Waals surface area contributed by atoms with Crippen LogP contribution in [0.15, 0.2) is 53.9 Å². The van der Waals surface area contributed by atoms with Crippen molar-refractivity contribution in [3.8, 4) is 11.5 Å². The van der Waals surface area contributed by atoms with E-state index in [4.69, 9.17) is 9.47 Å². The highest BCUT2D eigenvalue weighted by molar-refractivity contribution is 7.92. The topological polar surface area (TPSA) is 93.7 Å². The van der Waals surface area contributed by atoms with Crippen molar-refractivity contribution in [2.75, 3.05) is 6.79 Å². The number of ether oxygens (including phenoxy) is 2. The third kappa shape index (κ3) is 5.82. The monoisotopic (exact) mass is 416 g/mol. The van der Waals surface area contributed by atoms with Crippen molar-refractivity contribution < 1.29 is 22.7 Å². The first-order chi connectivity index (χ1) is 13.8. The summed E-state index contributed by atoms with van der Waals surface area (Å²) in [5, 5.41) is 3.85. The molecule has 1 unspecified atom stereocenters. The van der Waals surface area contributed by atoms with Crippen LogP contribution in [0.1, 0.15) is 25.0 Å². The van der Waals surface area contributed by atoms with Gasteiger partial charge >= 0.3 is 0 Å². The van der Waals surface area contributed by atoms with Gasteiger partial charge in [0.25, 0.3) is 0 Å². The van der Waals surface area contributed by atoms with Crippen LogP contribution in [0.5, 0.6) is 11.5 Å². The molecule has 2 aromatic rings. The van der Waals surface area contributed by atoms with Crippen LogP contribution in [0.25, 0.3) is 6.08 Å². The summed E-state index contributed by atoms with van der Waals surface area (Å²) in [7, 11) is -3.79. The largest absolute Gasteiger partial charge is 0.454 e. The lowest BCUT2D eigenvalue weighted by molar-refractivity contribution is -0.123. The molecule has 0 aliphatic carbocycles. The minimum absolute atomic E-state index is 0.179. The van der Waals surface area contributed by atoms with Gasteiger partial charge in [-0.3, -0.25) is 4.79 Å². The first-order valence-corrected chi connectivity index (χ1v) is 10.8. The zero-order valence-electron chi connectivity index (χ0n) is 16.3. The van der Waals surface area contributed by atoms with Gasteiger partial charge in [-0.05, 0) is 35.3 Å². The second-order valence-electron chi connectivity index (χ2n) is 7.00. The number of nitrogens with one attached hydrogen (secondary N) is 2. The summed E-state index contributed by atoms with van der Waals surface area (Å²) in [5.41, 5.74) is 1.59. The highest BCUT2D eigenvalue weighted by atomic mass is 32.2. The van der Waals surface area contributed by atoms with Crippen molar-refractivity contribution in [1.29, 1.82) is 0 Å². The van der Waals surface area contributed by atoms with Crippen LogP contribution in [0, 0.1) is 5.92 Å². The van der Waals surface area contributed by atoms with E-state index in [-0.39, 0.29) is 19.3 Å². The molecule has 1 aliphatic rings. The lowest BCUT2D eigenvalue weighted by Gasteiger charge is -2.20. The van der Waals surface area contributed by atoms with Gasteiger partial charge in [0.2, 0.25) is 22.7 Å². The SMILES string of the molecule is CC(C)C(NS(=O)(=O)/C=C/c1ccccc1)C(=O)NCc1ccc2c(c1)OCO2. The predicted octanol–water partition coefficient (Wildman–Crippen LogP) is 2.65. The molecule has 1 atom stereocenters. The first-order valence-electron chi connectivity index (χ1n) is 9.26. The Morgan fingerprint density at radius 1 is 1.10 bits per heavy atom. The van der Waals surface area contributed by atoms with Crippen molar-refractivity contribution in [3.63, 3.8) is 0 Å². The third-order valence-corrected chi connectivity index (χ3v) is 5.46. The van der Waals surface area contributed by atoms with Crippen molar-refractivity contribution >= 4 is 22.0 Å². The number of carbonyl (C=O) groups excluding carboxylic acids is 1. The van der Waals surface area contributed by atoms with E-state index in [1.165, 1.54) is 6.08 Å². The van der Waals surface area contributed by atoms with Crippen LogP contribution >= 0.6 is 0 Å². The van der Waals surface area contributed by atoms with E-state index in [0.717, 1.165) is 16.5 Å². The maximum absolute atomic E-state index is 12.6. The van der Waals surface area contributed by atoms with Gasteiger partial charge in [0.15, 0.2) is 11.5 Å². The van der Waals surface area contributed by atoms with Crippen LogP contribution in [0.2, 0.25) is 0 Å². The molecule has 7 nitrogen and oxygen atoms in total. The van der Waals surface area contributed by atoms with Crippen LogP contribution in [0.4, 0.5) is 0 Å². The summed E-state index contributed by atoms with van der Waals surface area (Å²) in [5.74, 6) is 0.669. The summed E-state index contributed by atoms with van der Waals surface area (Å²) in [6.45, 7) is 4.00. The van der Waals surface area contributed by atoms with Crippen molar-refractivity contribution in [3.05, 3.63) is 65.1 Å². The maximum Gasteiger partial charge on any atom is 0.238 e. The minimum Gasteiger partial charge on any atom is -0.454 e. The van der Waals surface area contributed by atoms with E-state index < -0.39 is 22.0 Å². The van der Waals surface area contributed by atoms with E-state index in [9.17, 15) is 13.2 Å². The Morgan fingerprint density at radius 3 is 2.55 bits per heavy atom. The Balaban J connectivity index is 1.62. The minimum atomic E-state index is -3.79. The van der Waals surface area contributed by atoms with Crippen LogP contribution in [0.3, 0.4) is 0 Å². The van der Waals surface area contributed by atoms with Gasteiger partial charge in [-0.2, -0.15) is 4.72 Å². The molecule has 2 aromatic carbocycles.